The second-order valence-electron chi connectivity index (χ2n) is 5.26. The SMILES string of the molecule is COCCNc1c(C)c(C)nc2c(-c3cccs3)c(C)nn12. The van der Waals surface area contributed by atoms with Gasteiger partial charge >= 0.3 is 0 Å². The van der Waals surface area contributed by atoms with Gasteiger partial charge in [-0.05, 0) is 32.2 Å². The van der Waals surface area contributed by atoms with Crippen LogP contribution in [0.25, 0.3) is 16.1 Å². The Kier molecular flexibility index (Phi) is 4.13. The van der Waals surface area contributed by atoms with Gasteiger partial charge in [-0.2, -0.15) is 9.61 Å². The van der Waals surface area contributed by atoms with Crippen LogP contribution in [0.4, 0.5) is 5.82 Å². The minimum absolute atomic E-state index is 0.653. The molecule has 0 aliphatic carbocycles. The van der Waals surface area contributed by atoms with Gasteiger partial charge in [0.15, 0.2) is 5.65 Å². The largest absolute Gasteiger partial charge is 0.383 e. The van der Waals surface area contributed by atoms with Crippen molar-refractivity contribution in [2.24, 2.45) is 0 Å². The number of fused-ring (bicyclic) bond motifs is 1. The molecule has 0 bridgehead atoms. The van der Waals surface area contributed by atoms with Crippen LogP contribution in [0.2, 0.25) is 0 Å². The van der Waals surface area contributed by atoms with Crippen LogP contribution in [0.1, 0.15) is 17.0 Å². The smallest absolute Gasteiger partial charge is 0.166 e. The number of rotatable bonds is 5. The second-order valence-corrected chi connectivity index (χ2v) is 6.21. The van der Waals surface area contributed by atoms with E-state index in [4.69, 9.17) is 14.8 Å². The lowest BCUT2D eigenvalue weighted by molar-refractivity contribution is 0.210. The van der Waals surface area contributed by atoms with E-state index in [2.05, 4.69) is 29.8 Å². The zero-order valence-corrected chi connectivity index (χ0v) is 14.1. The summed E-state index contributed by atoms with van der Waals surface area (Å²) in [6, 6.07) is 4.17. The first-order valence-corrected chi connectivity index (χ1v) is 8.14. The summed E-state index contributed by atoms with van der Waals surface area (Å²) in [5.41, 5.74) is 5.15. The lowest BCUT2D eigenvalue weighted by Crippen LogP contribution is -2.14. The summed E-state index contributed by atoms with van der Waals surface area (Å²) >= 11 is 1.71. The van der Waals surface area contributed by atoms with E-state index in [0.717, 1.165) is 40.5 Å². The van der Waals surface area contributed by atoms with Crippen LogP contribution in [0.5, 0.6) is 0 Å². The zero-order valence-electron chi connectivity index (χ0n) is 13.3. The number of thiophene rings is 1. The molecule has 3 aromatic heterocycles. The molecule has 0 spiro atoms. The van der Waals surface area contributed by atoms with Crippen LogP contribution in [0.15, 0.2) is 17.5 Å². The molecular weight excluding hydrogens is 296 g/mol. The average molecular weight is 316 g/mol. The van der Waals surface area contributed by atoms with Crippen molar-refractivity contribution in [3.05, 3.63) is 34.5 Å². The molecule has 116 valence electrons. The quantitative estimate of drug-likeness (QED) is 0.733. The summed E-state index contributed by atoms with van der Waals surface area (Å²) in [5, 5.41) is 10.2. The van der Waals surface area contributed by atoms with Gasteiger partial charge < -0.3 is 10.1 Å². The van der Waals surface area contributed by atoms with E-state index < -0.39 is 0 Å². The molecule has 6 heteroatoms. The van der Waals surface area contributed by atoms with Gasteiger partial charge in [-0.3, -0.25) is 0 Å². The Bertz CT molecular complexity index is 792. The third-order valence-corrected chi connectivity index (χ3v) is 4.67. The van der Waals surface area contributed by atoms with Gasteiger partial charge in [-0.1, -0.05) is 6.07 Å². The Hall–Kier alpha value is -1.92. The Labute approximate surface area is 134 Å². The van der Waals surface area contributed by atoms with Crippen molar-refractivity contribution < 1.29 is 4.74 Å². The van der Waals surface area contributed by atoms with Crippen LogP contribution >= 0.6 is 11.3 Å². The van der Waals surface area contributed by atoms with Crippen molar-refractivity contribution in [3.8, 4) is 10.4 Å². The van der Waals surface area contributed by atoms with E-state index in [1.807, 2.05) is 18.4 Å². The molecule has 0 amide bonds. The topological polar surface area (TPSA) is 51.5 Å². The first-order chi connectivity index (χ1) is 10.6. The van der Waals surface area contributed by atoms with E-state index in [0.29, 0.717) is 6.61 Å². The van der Waals surface area contributed by atoms with Crippen molar-refractivity contribution in [1.82, 2.24) is 14.6 Å². The number of nitrogens with zero attached hydrogens (tertiary/aromatic N) is 3. The lowest BCUT2D eigenvalue weighted by Gasteiger charge is -2.13. The predicted molar refractivity (Wildman–Crippen MR) is 90.9 cm³/mol. The maximum atomic E-state index is 5.13. The molecule has 0 aliphatic heterocycles. The lowest BCUT2D eigenvalue weighted by atomic mass is 10.2. The Morgan fingerprint density at radius 3 is 2.77 bits per heavy atom. The summed E-state index contributed by atoms with van der Waals surface area (Å²) in [6.45, 7) is 7.53. The standard InChI is InChI=1S/C16H20N4OS/c1-10-11(2)18-16-14(13-6-5-9-22-13)12(3)19-20(16)15(10)17-7-8-21-4/h5-6,9,17H,7-8H2,1-4H3. The van der Waals surface area contributed by atoms with Gasteiger partial charge in [0.25, 0.3) is 0 Å². The second kappa shape index (κ2) is 6.06. The van der Waals surface area contributed by atoms with Crippen molar-refractivity contribution >= 4 is 22.8 Å². The molecule has 3 aromatic rings. The fourth-order valence-corrected chi connectivity index (χ4v) is 3.35. The number of aryl methyl sites for hydroxylation is 2. The fourth-order valence-electron chi connectivity index (χ4n) is 2.54. The van der Waals surface area contributed by atoms with Gasteiger partial charge in [0, 0.05) is 29.8 Å². The maximum absolute atomic E-state index is 5.13. The van der Waals surface area contributed by atoms with E-state index >= 15 is 0 Å². The number of anilines is 1. The van der Waals surface area contributed by atoms with E-state index in [-0.39, 0.29) is 0 Å². The Morgan fingerprint density at radius 2 is 2.09 bits per heavy atom. The molecule has 1 N–H and O–H groups in total. The first kappa shape index (κ1) is 15.0. The molecule has 22 heavy (non-hydrogen) atoms. The van der Waals surface area contributed by atoms with Gasteiger partial charge in [0.2, 0.25) is 0 Å². The maximum Gasteiger partial charge on any atom is 0.166 e. The highest BCUT2D eigenvalue weighted by Gasteiger charge is 2.18. The minimum Gasteiger partial charge on any atom is -0.383 e. The minimum atomic E-state index is 0.653. The molecule has 3 rings (SSSR count). The molecule has 3 heterocycles. The summed E-state index contributed by atoms with van der Waals surface area (Å²) in [6.07, 6.45) is 0. The molecule has 0 aliphatic rings. The zero-order chi connectivity index (χ0) is 15.7. The molecule has 0 saturated heterocycles. The van der Waals surface area contributed by atoms with Gasteiger partial charge in [0.1, 0.15) is 5.82 Å². The predicted octanol–water partition coefficient (Wildman–Crippen LogP) is 3.44. The van der Waals surface area contributed by atoms with Crippen LogP contribution in [0.3, 0.4) is 0 Å². The van der Waals surface area contributed by atoms with Crippen molar-refractivity contribution in [2.45, 2.75) is 20.8 Å². The molecule has 5 nitrogen and oxygen atoms in total. The number of methoxy groups -OCH3 is 1. The normalized spacial score (nSPS) is 11.3. The summed E-state index contributed by atoms with van der Waals surface area (Å²) < 4.78 is 7.05. The molecule has 0 unspecified atom stereocenters. The number of hydrogen-bond acceptors (Lipinski definition) is 5. The molecule has 0 aromatic carbocycles. The Morgan fingerprint density at radius 1 is 1.27 bits per heavy atom. The third-order valence-electron chi connectivity index (χ3n) is 3.79. The highest BCUT2D eigenvalue weighted by Crippen LogP contribution is 2.33. The molecular formula is C16H20N4OS. The fraction of sp³-hybridized carbons (Fsp3) is 0.375. The van der Waals surface area contributed by atoms with Crippen molar-refractivity contribution in [1.29, 1.82) is 0 Å². The van der Waals surface area contributed by atoms with Crippen molar-refractivity contribution in [3.63, 3.8) is 0 Å². The molecule has 0 atom stereocenters. The number of hydrogen-bond donors (Lipinski definition) is 1. The van der Waals surface area contributed by atoms with E-state index in [1.165, 1.54) is 4.88 Å². The third kappa shape index (κ3) is 2.48. The van der Waals surface area contributed by atoms with Gasteiger partial charge in [-0.25, -0.2) is 4.98 Å². The van der Waals surface area contributed by atoms with Crippen LogP contribution in [-0.4, -0.2) is 34.9 Å². The monoisotopic (exact) mass is 316 g/mol. The van der Waals surface area contributed by atoms with Crippen LogP contribution in [-0.2, 0) is 4.74 Å². The highest BCUT2D eigenvalue weighted by molar-refractivity contribution is 7.13. The summed E-state index contributed by atoms with van der Waals surface area (Å²) in [7, 11) is 1.70. The Balaban J connectivity index is 2.19. The number of ether oxygens (including phenoxy) is 1. The number of aromatic nitrogens is 3. The van der Waals surface area contributed by atoms with Crippen molar-refractivity contribution in [2.75, 3.05) is 25.6 Å². The summed E-state index contributed by atoms with van der Waals surface area (Å²) in [4.78, 5) is 5.98. The summed E-state index contributed by atoms with van der Waals surface area (Å²) in [5.74, 6) is 0.991. The van der Waals surface area contributed by atoms with Crippen LogP contribution < -0.4 is 5.32 Å². The van der Waals surface area contributed by atoms with E-state index in [1.54, 1.807) is 18.4 Å². The molecule has 0 fully saturated rings. The molecule has 0 saturated carbocycles. The molecule has 0 radical (unpaired) electrons. The van der Waals surface area contributed by atoms with Gasteiger partial charge in [0.05, 0.1) is 17.9 Å². The highest BCUT2D eigenvalue weighted by atomic mass is 32.1. The van der Waals surface area contributed by atoms with E-state index in [9.17, 15) is 0 Å². The van der Waals surface area contributed by atoms with Gasteiger partial charge in [-0.15, -0.1) is 11.3 Å². The average Bonchev–Trinajstić information content (AvgIpc) is 3.10. The first-order valence-electron chi connectivity index (χ1n) is 7.26. The number of nitrogens with one attached hydrogen (secondary N) is 1. The van der Waals surface area contributed by atoms with Crippen LogP contribution in [0, 0.1) is 20.8 Å².